The van der Waals surface area contributed by atoms with E-state index in [1.165, 1.54) is 5.39 Å². The highest BCUT2D eigenvalue weighted by atomic mass is 16.3. The second-order valence-electron chi connectivity index (χ2n) is 12.2. The minimum absolute atomic E-state index is 0.913. The van der Waals surface area contributed by atoms with Crippen LogP contribution < -0.4 is 9.80 Å². The van der Waals surface area contributed by atoms with Crippen molar-refractivity contribution in [2.75, 3.05) is 9.80 Å². The molecule has 0 saturated heterocycles. The summed E-state index contributed by atoms with van der Waals surface area (Å²) in [5, 5.41) is 4.59. The topological polar surface area (TPSA) is 19.6 Å². The molecule has 1 aromatic heterocycles. The van der Waals surface area contributed by atoms with Gasteiger partial charge in [-0.1, -0.05) is 121 Å². The van der Waals surface area contributed by atoms with Crippen molar-refractivity contribution in [1.29, 1.82) is 0 Å². The largest absolute Gasteiger partial charge is 0.455 e. The summed E-state index contributed by atoms with van der Waals surface area (Å²) in [6.45, 7) is 0. The second-order valence-corrected chi connectivity index (χ2v) is 12.2. The summed E-state index contributed by atoms with van der Waals surface area (Å²) in [5.74, 6) is 0. The van der Waals surface area contributed by atoms with Gasteiger partial charge in [0.05, 0.1) is 0 Å². The van der Waals surface area contributed by atoms with Gasteiger partial charge >= 0.3 is 0 Å². The number of anilines is 6. The molecule has 0 fully saturated rings. The quantitative estimate of drug-likeness (QED) is 0.175. The molecule has 0 saturated carbocycles. The van der Waals surface area contributed by atoms with E-state index in [1.54, 1.807) is 0 Å². The monoisotopic (exact) mass is 628 g/mol. The molecule has 3 nitrogen and oxygen atoms in total. The number of para-hydroxylation sites is 4. The van der Waals surface area contributed by atoms with E-state index in [9.17, 15) is 0 Å². The van der Waals surface area contributed by atoms with Gasteiger partial charge in [-0.25, -0.2) is 0 Å². The molecular weight excluding hydrogens is 597 g/mol. The lowest BCUT2D eigenvalue weighted by Gasteiger charge is -2.29. The van der Waals surface area contributed by atoms with Crippen molar-refractivity contribution in [1.82, 2.24) is 0 Å². The summed E-state index contributed by atoms with van der Waals surface area (Å²) < 4.78 is 6.66. The van der Waals surface area contributed by atoms with Crippen LogP contribution in [0.15, 0.2) is 199 Å². The van der Waals surface area contributed by atoms with Crippen molar-refractivity contribution in [3.8, 4) is 11.1 Å². The van der Waals surface area contributed by atoms with Crippen LogP contribution in [-0.4, -0.2) is 0 Å². The Morgan fingerprint density at radius 3 is 1.39 bits per heavy atom. The fourth-order valence-corrected chi connectivity index (χ4v) is 6.94. The molecule has 0 N–H and O–H groups in total. The third-order valence-electron chi connectivity index (χ3n) is 9.21. The molecule has 0 spiro atoms. The first kappa shape index (κ1) is 28.6. The van der Waals surface area contributed by atoms with E-state index in [0.717, 1.165) is 72.6 Å². The maximum absolute atomic E-state index is 6.66. The van der Waals surface area contributed by atoms with Crippen LogP contribution in [-0.2, 0) is 0 Å². The Hall–Kier alpha value is -6.58. The van der Waals surface area contributed by atoms with Gasteiger partial charge in [-0.15, -0.1) is 0 Å². The smallest absolute Gasteiger partial charge is 0.143 e. The van der Waals surface area contributed by atoms with Crippen LogP contribution in [0.4, 0.5) is 34.1 Å². The van der Waals surface area contributed by atoms with Crippen molar-refractivity contribution in [2.24, 2.45) is 0 Å². The highest BCUT2D eigenvalue weighted by molar-refractivity contribution is 6.17. The SMILES string of the molecule is c1ccc(N(c2ccccc2)c2cccc(N(c3ccccc3)c3ccc(-c4cccc5c4oc4c6ccccc6ccc54)cc3)c2)cc1. The average molecular weight is 629 g/mol. The van der Waals surface area contributed by atoms with Gasteiger partial charge in [0.15, 0.2) is 0 Å². The number of furan rings is 1. The summed E-state index contributed by atoms with van der Waals surface area (Å²) in [6, 6.07) is 68.4. The third kappa shape index (κ3) is 5.18. The van der Waals surface area contributed by atoms with Gasteiger partial charge in [-0.05, 0) is 83.7 Å². The minimum Gasteiger partial charge on any atom is -0.455 e. The zero-order chi connectivity index (χ0) is 32.6. The predicted octanol–water partition coefficient (Wildman–Crippen LogP) is 13.3. The predicted molar refractivity (Wildman–Crippen MR) is 206 cm³/mol. The number of nitrogens with zero attached hydrogens (tertiary/aromatic N) is 2. The van der Waals surface area contributed by atoms with Crippen LogP contribution >= 0.6 is 0 Å². The van der Waals surface area contributed by atoms with Gasteiger partial charge in [-0.3, -0.25) is 0 Å². The Morgan fingerprint density at radius 1 is 0.306 bits per heavy atom. The van der Waals surface area contributed by atoms with E-state index in [1.807, 2.05) is 0 Å². The molecule has 49 heavy (non-hydrogen) atoms. The minimum atomic E-state index is 0.913. The molecule has 0 aliphatic carbocycles. The zero-order valence-electron chi connectivity index (χ0n) is 26.8. The van der Waals surface area contributed by atoms with E-state index in [2.05, 4.69) is 204 Å². The van der Waals surface area contributed by atoms with E-state index < -0.39 is 0 Å². The summed E-state index contributed by atoms with van der Waals surface area (Å²) in [6.07, 6.45) is 0. The Balaban J connectivity index is 1.14. The summed E-state index contributed by atoms with van der Waals surface area (Å²) >= 11 is 0. The number of rotatable bonds is 7. The number of hydrogen-bond donors (Lipinski definition) is 0. The van der Waals surface area contributed by atoms with E-state index in [4.69, 9.17) is 4.42 Å². The maximum atomic E-state index is 6.66. The van der Waals surface area contributed by atoms with Crippen molar-refractivity contribution in [3.63, 3.8) is 0 Å². The highest BCUT2D eigenvalue weighted by Gasteiger charge is 2.18. The molecule has 0 unspecified atom stereocenters. The molecule has 3 heteroatoms. The standard InChI is InChI=1S/C46H32N2O/c1-4-15-35(16-5-1)47(36-17-6-2-7-18-36)39-21-12-22-40(32-39)48(37-19-8-3-9-20-37)38-29-26-34(27-30-38)42-24-13-25-43-44-31-28-33-14-10-11-23-41(33)46(44)49-45(42)43/h1-32H. The van der Waals surface area contributed by atoms with Crippen LogP contribution in [0.25, 0.3) is 43.8 Å². The van der Waals surface area contributed by atoms with Crippen molar-refractivity contribution < 1.29 is 4.42 Å². The van der Waals surface area contributed by atoms with E-state index >= 15 is 0 Å². The molecule has 0 aliphatic rings. The van der Waals surface area contributed by atoms with Crippen LogP contribution in [0.3, 0.4) is 0 Å². The molecule has 9 aromatic rings. The summed E-state index contributed by atoms with van der Waals surface area (Å²) in [7, 11) is 0. The Labute approximate surface area is 285 Å². The molecule has 0 aliphatic heterocycles. The molecule has 0 bridgehead atoms. The van der Waals surface area contributed by atoms with Crippen molar-refractivity contribution >= 4 is 66.8 Å². The number of hydrogen-bond acceptors (Lipinski definition) is 3. The third-order valence-corrected chi connectivity index (χ3v) is 9.21. The highest BCUT2D eigenvalue weighted by Crippen LogP contribution is 2.42. The first-order valence-corrected chi connectivity index (χ1v) is 16.6. The number of benzene rings is 8. The molecular formula is C46H32N2O. The normalized spacial score (nSPS) is 11.3. The second kappa shape index (κ2) is 12.2. The van der Waals surface area contributed by atoms with Crippen molar-refractivity contribution in [2.45, 2.75) is 0 Å². The fourth-order valence-electron chi connectivity index (χ4n) is 6.94. The van der Waals surface area contributed by atoms with Gasteiger partial charge in [0, 0.05) is 55.8 Å². The van der Waals surface area contributed by atoms with Crippen LogP contribution in [0, 0.1) is 0 Å². The van der Waals surface area contributed by atoms with Crippen LogP contribution in [0.1, 0.15) is 0 Å². The van der Waals surface area contributed by atoms with Crippen LogP contribution in [0.5, 0.6) is 0 Å². The van der Waals surface area contributed by atoms with E-state index in [0.29, 0.717) is 0 Å². The summed E-state index contributed by atoms with van der Waals surface area (Å²) in [4.78, 5) is 4.61. The Kier molecular flexibility index (Phi) is 7.14. The molecule has 9 rings (SSSR count). The molecule has 1 heterocycles. The number of fused-ring (bicyclic) bond motifs is 5. The van der Waals surface area contributed by atoms with Gasteiger partial charge < -0.3 is 14.2 Å². The van der Waals surface area contributed by atoms with Gasteiger partial charge in [0.1, 0.15) is 11.2 Å². The van der Waals surface area contributed by atoms with E-state index in [-0.39, 0.29) is 0 Å². The first-order chi connectivity index (χ1) is 24.3. The summed E-state index contributed by atoms with van der Waals surface area (Å²) in [5.41, 5.74) is 10.6. The molecule has 8 aromatic carbocycles. The fraction of sp³-hybridized carbons (Fsp3) is 0. The lowest BCUT2D eigenvalue weighted by atomic mass is 10.0. The molecule has 0 amide bonds. The average Bonchev–Trinajstić information content (AvgIpc) is 3.57. The molecule has 232 valence electrons. The first-order valence-electron chi connectivity index (χ1n) is 16.6. The van der Waals surface area contributed by atoms with Gasteiger partial charge in [0.2, 0.25) is 0 Å². The Morgan fingerprint density at radius 2 is 0.776 bits per heavy atom. The molecule has 0 radical (unpaired) electrons. The zero-order valence-corrected chi connectivity index (χ0v) is 26.8. The maximum Gasteiger partial charge on any atom is 0.143 e. The Bertz CT molecular complexity index is 2500. The van der Waals surface area contributed by atoms with Gasteiger partial charge in [0.25, 0.3) is 0 Å². The van der Waals surface area contributed by atoms with Gasteiger partial charge in [-0.2, -0.15) is 0 Å². The van der Waals surface area contributed by atoms with Crippen molar-refractivity contribution in [3.05, 3.63) is 194 Å². The lowest BCUT2D eigenvalue weighted by molar-refractivity contribution is 0.674. The molecule has 0 atom stereocenters. The lowest BCUT2D eigenvalue weighted by Crippen LogP contribution is -2.13. The van der Waals surface area contributed by atoms with Crippen LogP contribution in [0.2, 0.25) is 0 Å².